The molecule has 0 atom stereocenters. The Morgan fingerprint density at radius 2 is 2.29 bits per heavy atom. The number of hydrogen-bond acceptors (Lipinski definition) is 3. The third kappa shape index (κ3) is 2.96. The first-order valence-corrected chi connectivity index (χ1v) is 6.23. The molecule has 1 aliphatic carbocycles. The number of pyridine rings is 1. The number of nitrogens with one attached hydrogen (secondary N) is 1. The summed E-state index contributed by atoms with van der Waals surface area (Å²) in [7, 11) is 0. The summed E-state index contributed by atoms with van der Waals surface area (Å²) >= 11 is 0. The van der Waals surface area contributed by atoms with Gasteiger partial charge >= 0.3 is 0 Å². The molecule has 1 fully saturated rings. The molecular formula is C13H19N3O. The second kappa shape index (κ2) is 5.17. The van der Waals surface area contributed by atoms with Crippen molar-refractivity contribution in [2.24, 2.45) is 5.92 Å². The Labute approximate surface area is 102 Å². The molecule has 17 heavy (non-hydrogen) atoms. The Bertz CT molecular complexity index is 413. The second-order valence-electron chi connectivity index (χ2n) is 4.63. The van der Waals surface area contributed by atoms with Crippen molar-refractivity contribution in [2.75, 3.05) is 12.3 Å². The summed E-state index contributed by atoms with van der Waals surface area (Å²) in [5.41, 5.74) is 7.15. The van der Waals surface area contributed by atoms with Crippen LogP contribution in [0.5, 0.6) is 0 Å². The van der Waals surface area contributed by atoms with E-state index in [4.69, 9.17) is 5.73 Å². The first-order valence-electron chi connectivity index (χ1n) is 6.23. The van der Waals surface area contributed by atoms with Crippen LogP contribution < -0.4 is 11.1 Å². The summed E-state index contributed by atoms with van der Waals surface area (Å²) in [6.07, 6.45) is 4.55. The van der Waals surface area contributed by atoms with Crippen LogP contribution >= 0.6 is 0 Å². The summed E-state index contributed by atoms with van der Waals surface area (Å²) in [6.45, 7) is 2.78. The number of aryl methyl sites for hydroxylation is 1. The Balaban J connectivity index is 1.99. The summed E-state index contributed by atoms with van der Waals surface area (Å²) in [5.74, 6) is 1.04. The van der Waals surface area contributed by atoms with Crippen molar-refractivity contribution in [3.8, 4) is 0 Å². The fraction of sp³-hybridized carbons (Fsp3) is 0.538. The van der Waals surface area contributed by atoms with Crippen LogP contribution in [0.2, 0.25) is 0 Å². The van der Waals surface area contributed by atoms with Gasteiger partial charge in [0.05, 0.1) is 0 Å². The summed E-state index contributed by atoms with van der Waals surface area (Å²) < 4.78 is 0. The van der Waals surface area contributed by atoms with E-state index in [1.165, 1.54) is 19.3 Å². The predicted octanol–water partition coefficient (Wildman–Crippen LogP) is 1.76. The molecule has 0 saturated heterocycles. The first-order chi connectivity index (χ1) is 8.19. The minimum Gasteiger partial charge on any atom is -0.384 e. The molecule has 2 rings (SSSR count). The van der Waals surface area contributed by atoms with Gasteiger partial charge in [-0.2, -0.15) is 0 Å². The molecule has 0 aliphatic heterocycles. The van der Waals surface area contributed by atoms with Gasteiger partial charge in [0, 0.05) is 17.8 Å². The predicted molar refractivity (Wildman–Crippen MR) is 67.7 cm³/mol. The molecule has 1 aromatic heterocycles. The molecule has 1 aliphatic rings. The number of anilines is 1. The number of rotatable bonds is 4. The van der Waals surface area contributed by atoms with Crippen molar-refractivity contribution in [2.45, 2.75) is 32.6 Å². The molecule has 4 heteroatoms. The maximum Gasteiger partial charge on any atom is 0.251 e. The Morgan fingerprint density at radius 1 is 1.53 bits per heavy atom. The van der Waals surface area contributed by atoms with Crippen LogP contribution in [0.4, 0.5) is 5.82 Å². The Kier molecular flexibility index (Phi) is 3.61. The Hall–Kier alpha value is -1.58. The summed E-state index contributed by atoms with van der Waals surface area (Å²) in [4.78, 5) is 16.1. The molecule has 1 amide bonds. The van der Waals surface area contributed by atoms with Crippen LogP contribution in [-0.4, -0.2) is 17.4 Å². The van der Waals surface area contributed by atoms with Crippen LogP contribution in [0.25, 0.3) is 0 Å². The highest BCUT2D eigenvalue weighted by Crippen LogP contribution is 2.25. The summed E-state index contributed by atoms with van der Waals surface area (Å²) in [6, 6.07) is 3.45. The molecule has 0 radical (unpaired) electrons. The van der Waals surface area contributed by atoms with Crippen LogP contribution in [-0.2, 0) is 6.42 Å². The third-order valence-electron chi connectivity index (χ3n) is 3.30. The van der Waals surface area contributed by atoms with Gasteiger partial charge < -0.3 is 11.1 Å². The minimum absolute atomic E-state index is 0.0410. The molecule has 1 saturated carbocycles. The topological polar surface area (TPSA) is 68.0 Å². The quantitative estimate of drug-likeness (QED) is 0.832. The van der Waals surface area contributed by atoms with E-state index in [-0.39, 0.29) is 5.91 Å². The number of nitrogen functional groups attached to an aromatic ring is 1. The summed E-state index contributed by atoms with van der Waals surface area (Å²) in [5, 5.41) is 2.96. The van der Waals surface area contributed by atoms with Gasteiger partial charge in [-0.25, -0.2) is 4.98 Å². The lowest BCUT2D eigenvalue weighted by molar-refractivity contribution is 0.0939. The molecule has 0 bridgehead atoms. The molecule has 4 nitrogen and oxygen atoms in total. The number of carbonyl (C=O) groups is 1. The van der Waals surface area contributed by atoms with Gasteiger partial charge in [-0.15, -0.1) is 0 Å². The number of nitrogens with two attached hydrogens (primary N) is 1. The largest absolute Gasteiger partial charge is 0.384 e. The fourth-order valence-corrected chi connectivity index (χ4v) is 1.96. The van der Waals surface area contributed by atoms with E-state index in [1.807, 2.05) is 13.0 Å². The van der Waals surface area contributed by atoms with E-state index in [9.17, 15) is 4.79 Å². The van der Waals surface area contributed by atoms with Crippen molar-refractivity contribution in [1.29, 1.82) is 0 Å². The van der Waals surface area contributed by atoms with E-state index in [0.717, 1.165) is 18.7 Å². The normalized spacial score (nSPS) is 15.4. The number of carbonyl (C=O) groups excluding carboxylic acids is 1. The van der Waals surface area contributed by atoms with Gasteiger partial charge in [-0.1, -0.05) is 13.3 Å². The standard InChI is InChI=1S/C13H19N3O/c1-2-11-6-10(7-12(14)16-11)13(17)15-8-9-4-3-5-9/h6-7,9H,2-5,8H2,1H3,(H2,14,16)(H,15,17). The van der Waals surface area contributed by atoms with E-state index in [0.29, 0.717) is 17.3 Å². The lowest BCUT2D eigenvalue weighted by Gasteiger charge is -2.25. The van der Waals surface area contributed by atoms with Gasteiger partial charge in [0.15, 0.2) is 0 Å². The molecule has 0 spiro atoms. The molecule has 1 aromatic rings. The van der Waals surface area contributed by atoms with E-state index < -0.39 is 0 Å². The molecule has 0 unspecified atom stereocenters. The highest BCUT2D eigenvalue weighted by atomic mass is 16.1. The van der Waals surface area contributed by atoms with Crippen molar-refractivity contribution >= 4 is 11.7 Å². The number of aromatic nitrogens is 1. The van der Waals surface area contributed by atoms with Crippen molar-refractivity contribution < 1.29 is 4.79 Å². The van der Waals surface area contributed by atoms with Crippen molar-refractivity contribution in [3.05, 3.63) is 23.4 Å². The van der Waals surface area contributed by atoms with E-state index in [2.05, 4.69) is 10.3 Å². The molecule has 0 aromatic carbocycles. The van der Waals surface area contributed by atoms with E-state index in [1.54, 1.807) is 6.07 Å². The lowest BCUT2D eigenvalue weighted by Crippen LogP contribution is -2.32. The maximum atomic E-state index is 11.9. The van der Waals surface area contributed by atoms with Gasteiger partial charge in [-0.3, -0.25) is 4.79 Å². The molecular weight excluding hydrogens is 214 g/mol. The fourth-order valence-electron chi connectivity index (χ4n) is 1.96. The molecule has 1 heterocycles. The Morgan fingerprint density at radius 3 is 2.88 bits per heavy atom. The third-order valence-corrected chi connectivity index (χ3v) is 3.30. The van der Waals surface area contributed by atoms with Crippen LogP contribution in [0.15, 0.2) is 12.1 Å². The average Bonchev–Trinajstić information content (AvgIpc) is 2.25. The van der Waals surface area contributed by atoms with Crippen molar-refractivity contribution in [3.63, 3.8) is 0 Å². The zero-order valence-corrected chi connectivity index (χ0v) is 10.2. The van der Waals surface area contributed by atoms with Gasteiger partial charge in [-0.05, 0) is 37.3 Å². The van der Waals surface area contributed by atoms with Crippen LogP contribution in [0.3, 0.4) is 0 Å². The maximum absolute atomic E-state index is 11.9. The lowest BCUT2D eigenvalue weighted by atomic mass is 9.85. The first kappa shape index (κ1) is 11.9. The van der Waals surface area contributed by atoms with Crippen LogP contribution in [0.1, 0.15) is 42.2 Å². The average molecular weight is 233 g/mol. The van der Waals surface area contributed by atoms with E-state index >= 15 is 0 Å². The number of amides is 1. The zero-order valence-electron chi connectivity index (χ0n) is 10.2. The van der Waals surface area contributed by atoms with Gasteiger partial charge in [0.2, 0.25) is 0 Å². The monoisotopic (exact) mass is 233 g/mol. The highest BCUT2D eigenvalue weighted by Gasteiger charge is 2.18. The number of hydrogen-bond donors (Lipinski definition) is 2. The smallest absolute Gasteiger partial charge is 0.251 e. The SMILES string of the molecule is CCc1cc(C(=O)NCC2CCC2)cc(N)n1. The zero-order chi connectivity index (χ0) is 12.3. The molecule has 3 N–H and O–H groups in total. The van der Waals surface area contributed by atoms with Crippen LogP contribution in [0, 0.1) is 5.92 Å². The second-order valence-corrected chi connectivity index (χ2v) is 4.63. The number of nitrogens with zero attached hydrogens (tertiary/aromatic N) is 1. The van der Waals surface area contributed by atoms with Gasteiger partial charge in [0.1, 0.15) is 5.82 Å². The minimum atomic E-state index is -0.0410. The van der Waals surface area contributed by atoms with Gasteiger partial charge in [0.25, 0.3) is 5.91 Å². The van der Waals surface area contributed by atoms with Crippen molar-refractivity contribution in [1.82, 2.24) is 10.3 Å². The molecule has 92 valence electrons. The highest BCUT2D eigenvalue weighted by molar-refractivity contribution is 5.94.